The molecule has 1 fully saturated rings. The molecule has 0 amide bonds. The average Bonchev–Trinajstić information content (AvgIpc) is 2.40. The third kappa shape index (κ3) is 5.26. The number of nitrogens with zero attached hydrogens (tertiary/aromatic N) is 1. The molecule has 1 aliphatic heterocycles. The van der Waals surface area contributed by atoms with Crippen molar-refractivity contribution < 1.29 is 8.42 Å². The van der Waals surface area contributed by atoms with Crippen LogP contribution in [0.25, 0.3) is 0 Å². The highest BCUT2D eigenvalue weighted by Gasteiger charge is 2.20. The second kappa shape index (κ2) is 6.98. The predicted octanol–water partition coefficient (Wildman–Crippen LogP) is 0.543. The van der Waals surface area contributed by atoms with E-state index in [1.807, 2.05) is 12.1 Å². The number of pyridine rings is 1. The van der Waals surface area contributed by atoms with Gasteiger partial charge in [-0.2, -0.15) is 0 Å². The van der Waals surface area contributed by atoms with Crippen molar-refractivity contribution >= 4 is 10.0 Å². The second-order valence-corrected chi connectivity index (χ2v) is 6.83. The molecule has 0 aliphatic carbocycles. The summed E-state index contributed by atoms with van der Waals surface area (Å²) >= 11 is 0. The van der Waals surface area contributed by atoms with E-state index in [-0.39, 0.29) is 11.7 Å². The molecule has 1 aliphatic rings. The highest BCUT2D eigenvalue weighted by atomic mass is 32.2. The van der Waals surface area contributed by atoms with Crippen LogP contribution in [-0.2, 0) is 16.4 Å². The van der Waals surface area contributed by atoms with E-state index in [9.17, 15) is 8.42 Å². The molecule has 6 heteroatoms. The summed E-state index contributed by atoms with van der Waals surface area (Å²) in [7, 11) is -3.15. The highest BCUT2D eigenvalue weighted by Crippen LogP contribution is 2.13. The molecule has 0 bridgehead atoms. The monoisotopic (exact) mass is 283 g/mol. The molecule has 5 nitrogen and oxygen atoms in total. The fourth-order valence-corrected chi connectivity index (χ4v) is 3.80. The summed E-state index contributed by atoms with van der Waals surface area (Å²) in [6.45, 7) is 2.30. The maximum absolute atomic E-state index is 11.9. The fraction of sp³-hybridized carbons (Fsp3) is 0.615. The van der Waals surface area contributed by atoms with Gasteiger partial charge in [-0.1, -0.05) is 6.07 Å². The molecule has 106 valence electrons. The van der Waals surface area contributed by atoms with Gasteiger partial charge in [-0.3, -0.25) is 4.98 Å². The van der Waals surface area contributed by atoms with Gasteiger partial charge in [0, 0.05) is 18.9 Å². The SMILES string of the molecule is O=S(=O)(CC1CCNCC1)NCCc1cccnc1. The molecule has 0 saturated carbocycles. The van der Waals surface area contributed by atoms with Crippen molar-refractivity contribution in [2.45, 2.75) is 19.3 Å². The lowest BCUT2D eigenvalue weighted by Crippen LogP contribution is -2.36. The molecule has 2 N–H and O–H groups in total. The zero-order valence-electron chi connectivity index (χ0n) is 11.0. The number of aromatic nitrogens is 1. The van der Waals surface area contributed by atoms with E-state index in [1.165, 1.54) is 0 Å². The van der Waals surface area contributed by atoms with E-state index in [0.29, 0.717) is 13.0 Å². The lowest BCUT2D eigenvalue weighted by Gasteiger charge is -2.22. The number of nitrogens with one attached hydrogen (secondary N) is 2. The first-order valence-corrected chi connectivity index (χ1v) is 8.38. The first-order valence-electron chi connectivity index (χ1n) is 6.73. The molecule has 0 unspecified atom stereocenters. The van der Waals surface area contributed by atoms with E-state index in [1.54, 1.807) is 12.4 Å². The van der Waals surface area contributed by atoms with Gasteiger partial charge in [0.25, 0.3) is 0 Å². The third-order valence-corrected chi connectivity index (χ3v) is 4.93. The van der Waals surface area contributed by atoms with Crippen molar-refractivity contribution in [3.05, 3.63) is 30.1 Å². The molecular formula is C13H21N3O2S. The second-order valence-electron chi connectivity index (χ2n) is 4.98. The number of rotatable bonds is 6. The number of sulfonamides is 1. The summed E-state index contributed by atoms with van der Waals surface area (Å²) < 4.78 is 26.6. The first-order chi connectivity index (χ1) is 9.16. The molecule has 1 saturated heterocycles. The van der Waals surface area contributed by atoms with Gasteiger partial charge in [0.15, 0.2) is 0 Å². The van der Waals surface area contributed by atoms with Gasteiger partial charge < -0.3 is 5.32 Å². The minimum absolute atomic E-state index is 0.252. The molecule has 2 heterocycles. The maximum Gasteiger partial charge on any atom is 0.211 e. The van der Waals surface area contributed by atoms with Gasteiger partial charge in [-0.15, -0.1) is 0 Å². The molecule has 19 heavy (non-hydrogen) atoms. The highest BCUT2D eigenvalue weighted by molar-refractivity contribution is 7.89. The minimum atomic E-state index is -3.15. The predicted molar refractivity (Wildman–Crippen MR) is 75.3 cm³/mol. The zero-order valence-corrected chi connectivity index (χ0v) is 11.8. The van der Waals surface area contributed by atoms with Crippen LogP contribution in [0.4, 0.5) is 0 Å². The average molecular weight is 283 g/mol. The number of hydrogen-bond acceptors (Lipinski definition) is 4. The topological polar surface area (TPSA) is 71.1 Å². The van der Waals surface area contributed by atoms with E-state index in [4.69, 9.17) is 0 Å². The Morgan fingerprint density at radius 3 is 2.84 bits per heavy atom. The van der Waals surface area contributed by atoms with Crippen LogP contribution in [0.5, 0.6) is 0 Å². The van der Waals surface area contributed by atoms with Gasteiger partial charge in [-0.25, -0.2) is 13.1 Å². The summed E-state index contributed by atoms with van der Waals surface area (Å²) in [6.07, 6.45) is 6.05. The van der Waals surface area contributed by atoms with E-state index in [2.05, 4.69) is 15.0 Å². The summed E-state index contributed by atoms with van der Waals surface area (Å²) in [6, 6.07) is 3.81. The Morgan fingerprint density at radius 2 is 2.16 bits per heavy atom. The van der Waals surface area contributed by atoms with E-state index >= 15 is 0 Å². The number of piperidine rings is 1. The molecule has 0 atom stereocenters. The smallest absolute Gasteiger partial charge is 0.211 e. The van der Waals surface area contributed by atoms with Crippen LogP contribution in [0.2, 0.25) is 0 Å². The third-order valence-electron chi connectivity index (χ3n) is 3.37. The Balaban J connectivity index is 1.74. The van der Waals surface area contributed by atoms with Crippen LogP contribution >= 0.6 is 0 Å². The Kier molecular flexibility index (Phi) is 5.30. The van der Waals surface area contributed by atoms with Crippen molar-refractivity contribution in [3.8, 4) is 0 Å². The molecule has 0 radical (unpaired) electrons. The Bertz CT molecular complexity index is 470. The Hall–Kier alpha value is -0.980. The van der Waals surface area contributed by atoms with E-state index in [0.717, 1.165) is 31.5 Å². The molecule has 0 spiro atoms. The van der Waals surface area contributed by atoms with Gasteiger partial charge in [0.1, 0.15) is 0 Å². The van der Waals surface area contributed by atoms with Gasteiger partial charge in [0.05, 0.1) is 5.75 Å². The summed E-state index contributed by atoms with van der Waals surface area (Å²) in [5.74, 6) is 0.541. The number of hydrogen-bond donors (Lipinski definition) is 2. The van der Waals surface area contributed by atoms with Crippen LogP contribution < -0.4 is 10.0 Å². The standard InChI is InChI=1S/C13H21N3O2S/c17-19(18,11-13-3-7-14-8-4-13)16-9-5-12-2-1-6-15-10-12/h1-2,6,10,13-14,16H,3-5,7-9,11H2. The fourth-order valence-electron chi connectivity index (χ4n) is 2.31. The minimum Gasteiger partial charge on any atom is -0.317 e. The van der Waals surface area contributed by atoms with Crippen LogP contribution in [0, 0.1) is 5.92 Å². The van der Waals surface area contributed by atoms with Crippen molar-refractivity contribution in [3.63, 3.8) is 0 Å². The van der Waals surface area contributed by atoms with Crippen LogP contribution in [0.15, 0.2) is 24.5 Å². The lowest BCUT2D eigenvalue weighted by molar-refractivity contribution is 0.400. The Morgan fingerprint density at radius 1 is 1.37 bits per heavy atom. The lowest BCUT2D eigenvalue weighted by atomic mass is 10.0. The summed E-state index contributed by atoms with van der Waals surface area (Å²) in [4.78, 5) is 4.01. The van der Waals surface area contributed by atoms with Gasteiger partial charge in [-0.05, 0) is 49.9 Å². The van der Waals surface area contributed by atoms with Crippen molar-refractivity contribution in [1.29, 1.82) is 0 Å². The van der Waals surface area contributed by atoms with Crippen LogP contribution in [-0.4, -0.2) is 38.8 Å². The molecule has 1 aromatic rings. The summed E-state index contributed by atoms with van der Waals surface area (Å²) in [5.41, 5.74) is 1.05. The molecular weight excluding hydrogens is 262 g/mol. The van der Waals surface area contributed by atoms with Gasteiger partial charge in [0.2, 0.25) is 10.0 Å². The Labute approximate surface area is 114 Å². The largest absolute Gasteiger partial charge is 0.317 e. The first kappa shape index (κ1) is 14.4. The molecule has 1 aromatic heterocycles. The zero-order chi connectivity index (χ0) is 13.6. The van der Waals surface area contributed by atoms with Crippen molar-refractivity contribution in [2.24, 2.45) is 5.92 Å². The van der Waals surface area contributed by atoms with Crippen molar-refractivity contribution in [1.82, 2.24) is 15.0 Å². The normalized spacial score (nSPS) is 17.5. The quantitative estimate of drug-likeness (QED) is 0.799. The molecule has 2 rings (SSSR count). The van der Waals surface area contributed by atoms with Crippen LogP contribution in [0.1, 0.15) is 18.4 Å². The van der Waals surface area contributed by atoms with E-state index < -0.39 is 10.0 Å². The van der Waals surface area contributed by atoms with Crippen LogP contribution in [0.3, 0.4) is 0 Å². The van der Waals surface area contributed by atoms with Gasteiger partial charge >= 0.3 is 0 Å². The van der Waals surface area contributed by atoms with Crippen molar-refractivity contribution in [2.75, 3.05) is 25.4 Å². The maximum atomic E-state index is 11.9. The molecule has 0 aromatic carbocycles. The summed E-state index contributed by atoms with van der Waals surface area (Å²) in [5, 5.41) is 3.24.